The molecule has 1 fully saturated rings. The molecule has 0 spiro atoms. The molecule has 0 aliphatic carbocycles. The molecule has 6 heteroatoms. The molecule has 1 aliphatic rings. The van der Waals surface area contributed by atoms with Gasteiger partial charge in [-0.15, -0.1) is 0 Å². The van der Waals surface area contributed by atoms with E-state index in [0.29, 0.717) is 11.4 Å². The molecule has 6 nitrogen and oxygen atoms in total. The Morgan fingerprint density at radius 2 is 1.92 bits per heavy atom. The van der Waals surface area contributed by atoms with Gasteiger partial charge in [-0.1, -0.05) is 42.5 Å². The highest BCUT2D eigenvalue weighted by Gasteiger charge is 2.51. The highest BCUT2D eigenvalue weighted by atomic mass is 16.5. The maximum absolute atomic E-state index is 12.7. The number of urea groups is 1. The van der Waals surface area contributed by atoms with E-state index >= 15 is 0 Å². The molecule has 2 aromatic carbocycles. The molecule has 0 saturated carbocycles. The van der Waals surface area contributed by atoms with Crippen LogP contribution in [0.4, 0.5) is 10.5 Å². The molecule has 0 aromatic heterocycles. The Kier molecular flexibility index (Phi) is 4.87. The molecule has 1 aliphatic heterocycles. The van der Waals surface area contributed by atoms with Gasteiger partial charge in [0.1, 0.15) is 11.8 Å². The number of rotatable bonds is 4. The predicted molar refractivity (Wildman–Crippen MR) is 93.3 cm³/mol. The smallest absolute Gasteiger partial charge is 0.323 e. The number of nitriles is 1. The van der Waals surface area contributed by atoms with Crippen molar-refractivity contribution in [1.82, 2.24) is 4.90 Å². The molecule has 0 unspecified atom stereocenters. The number of hydrogen-bond donors (Lipinski definition) is 2. The second kappa shape index (κ2) is 7.24. The standard InChI is InChI=1S/C19H19N3O3/c1-25-17-10-6-5-9-14(17)21-19(24)22-15(11-20)18(16(22)12-23)13-7-3-2-4-8-13/h2-10,15-16,18,23H,12H2,1H3,(H,21,24)/t15-,16-,18-/m0/s1. The molecule has 128 valence electrons. The molecule has 3 rings (SSSR count). The zero-order valence-corrected chi connectivity index (χ0v) is 13.8. The van der Waals surface area contributed by atoms with Crippen LogP contribution in [-0.2, 0) is 0 Å². The minimum Gasteiger partial charge on any atom is -0.495 e. The van der Waals surface area contributed by atoms with Crippen LogP contribution in [-0.4, -0.2) is 41.8 Å². The highest BCUT2D eigenvalue weighted by Crippen LogP contribution is 2.40. The maximum atomic E-state index is 12.7. The SMILES string of the molecule is COc1ccccc1NC(=O)N1[C@@H](C#N)[C@H](c2ccccc2)[C@@H]1CO. The average Bonchev–Trinajstić information content (AvgIpc) is 2.63. The lowest BCUT2D eigenvalue weighted by molar-refractivity contribution is 0.0223. The third kappa shape index (κ3) is 3.02. The fourth-order valence-corrected chi connectivity index (χ4v) is 3.29. The average molecular weight is 337 g/mol. The lowest BCUT2D eigenvalue weighted by Crippen LogP contribution is -2.66. The minimum atomic E-state index is -0.630. The number of methoxy groups -OCH3 is 1. The number of aliphatic hydroxyl groups is 1. The summed E-state index contributed by atoms with van der Waals surface area (Å²) in [5.74, 6) is 0.324. The molecule has 2 amide bonds. The molecule has 1 saturated heterocycles. The van der Waals surface area contributed by atoms with Crippen LogP contribution in [0.1, 0.15) is 11.5 Å². The summed E-state index contributed by atoms with van der Waals surface area (Å²) in [5, 5.41) is 22.1. The minimum absolute atomic E-state index is 0.209. The summed E-state index contributed by atoms with van der Waals surface area (Å²) in [6, 6.07) is 17.2. The van der Waals surface area contributed by atoms with Crippen molar-refractivity contribution in [3.05, 3.63) is 60.2 Å². The first-order valence-electron chi connectivity index (χ1n) is 7.99. The highest BCUT2D eigenvalue weighted by molar-refractivity contribution is 5.92. The number of nitrogens with one attached hydrogen (secondary N) is 1. The van der Waals surface area contributed by atoms with Gasteiger partial charge in [0.15, 0.2) is 0 Å². The van der Waals surface area contributed by atoms with Crippen molar-refractivity contribution in [3.8, 4) is 11.8 Å². The predicted octanol–water partition coefficient (Wildman–Crippen LogP) is 2.58. The van der Waals surface area contributed by atoms with Crippen LogP contribution in [0.25, 0.3) is 0 Å². The van der Waals surface area contributed by atoms with Crippen molar-refractivity contribution >= 4 is 11.7 Å². The number of ether oxygens (including phenoxy) is 1. The molecular formula is C19H19N3O3. The van der Waals surface area contributed by atoms with E-state index in [1.807, 2.05) is 30.3 Å². The van der Waals surface area contributed by atoms with Crippen molar-refractivity contribution < 1.29 is 14.6 Å². The molecule has 2 N–H and O–H groups in total. The molecule has 0 radical (unpaired) electrons. The lowest BCUT2D eigenvalue weighted by Gasteiger charge is -2.51. The number of carbonyl (C=O) groups excluding carboxylic acids is 1. The van der Waals surface area contributed by atoms with E-state index in [9.17, 15) is 15.2 Å². The van der Waals surface area contributed by atoms with Gasteiger partial charge in [0.05, 0.1) is 31.5 Å². The monoisotopic (exact) mass is 337 g/mol. The van der Waals surface area contributed by atoms with Crippen LogP contribution < -0.4 is 10.1 Å². The maximum Gasteiger partial charge on any atom is 0.323 e. The lowest BCUT2D eigenvalue weighted by atomic mass is 9.76. The molecular weight excluding hydrogens is 318 g/mol. The van der Waals surface area contributed by atoms with E-state index < -0.39 is 18.1 Å². The van der Waals surface area contributed by atoms with Crippen LogP contribution in [0.5, 0.6) is 5.75 Å². The van der Waals surface area contributed by atoms with E-state index in [1.165, 1.54) is 12.0 Å². The van der Waals surface area contributed by atoms with Crippen molar-refractivity contribution in [2.24, 2.45) is 0 Å². The van der Waals surface area contributed by atoms with Gasteiger partial charge in [0.2, 0.25) is 0 Å². The van der Waals surface area contributed by atoms with Crippen molar-refractivity contribution in [2.75, 3.05) is 19.0 Å². The van der Waals surface area contributed by atoms with E-state index in [4.69, 9.17) is 4.74 Å². The Morgan fingerprint density at radius 1 is 1.24 bits per heavy atom. The zero-order valence-electron chi connectivity index (χ0n) is 13.8. The van der Waals surface area contributed by atoms with E-state index in [-0.39, 0.29) is 12.5 Å². The number of benzene rings is 2. The molecule has 0 bridgehead atoms. The summed E-state index contributed by atoms with van der Waals surface area (Å²) < 4.78 is 5.23. The number of nitrogens with zero attached hydrogens (tertiary/aromatic N) is 2. The quantitative estimate of drug-likeness (QED) is 0.898. The van der Waals surface area contributed by atoms with Gasteiger partial charge >= 0.3 is 6.03 Å². The third-order valence-electron chi connectivity index (χ3n) is 4.50. The first-order valence-corrected chi connectivity index (χ1v) is 7.99. The molecule has 25 heavy (non-hydrogen) atoms. The van der Waals surface area contributed by atoms with Crippen molar-refractivity contribution in [3.63, 3.8) is 0 Å². The van der Waals surface area contributed by atoms with E-state index in [0.717, 1.165) is 5.56 Å². The Bertz CT molecular complexity index is 788. The van der Waals surface area contributed by atoms with Crippen molar-refractivity contribution in [1.29, 1.82) is 5.26 Å². The zero-order chi connectivity index (χ0) is 17.8. The molecule has 1 heterocycles. The normalized spacial score (nSPS) is 21.8. The number of hydrogen-bond acceptors (Lipinski definition) is 4. The van der Waals surface area contributed by atoms with Gasteiger partial charge in [0.25, 0.3) is 0 Å². The largest absolute Gasteiger partial charge is 0.495 e. The Hall–Kier alpha value is -3.04. The van der Waals surface area contributed by atoms with Gasteiger partial charge in [-0.25, -0.2) is 4.79 Å². The number of anilines is 1. The summed E-state index contributed by atoms with van der Waals surface area (Å²) in [6.45, 7) is -0.211. The van der Waals surface area contributed by atoms with Crippen LogP contribution in [0.3, 0.4) is 0 Å². The fourth-order valence-electron chi connectivity index (χ4n) is 3.29. The number of para-hydroxylation sites is 2. The summed E-state index contributed by atoms with van der Waals surface area (Å²) in [5.41, 5.74) is 1.46. The van der Waals surface area contributed by atoms with E-state index in [2.05, 4.69) is 11.4 Å². The van der Waals surface area contributed by atoms with Crippen LogP contribution in [0, 0.1) is 11.3 Å². The van der Waals surface area contributed by atoms with E-state index in [1.54, 1.807) is 24.3 Å². The van der Waals surface area contributed by atoms with Gasteiger partial charge in [-0.3, -0.25) is 0 Å². The fraction of sp³-hybridized carbons (Fsp3) is 0.263. The van der Waals surface area contributed by atoms with Crippen LogP contribution in [0.15, 0.2) is 54.6 Å². The van der Waals surface area contributed by atoms with Crippen LogP contribution >= 0.6 is 0 Å². The topological polar surface area (TPSA) is 85.6 Å². The first kappa shape index (κ1) is 16.8. The number of likely N-dealkylation sites (tertiary alicyclic amines) is 1. The number of aliphatic hydroxyl groups excluding tert-OH is 1. The molecule has 3 atom stereocenters. The Labute approximate surface area is 146 Å². The van der Waals surface area contributed by atoms with Gasteiger partial charge in [-0.2, -0.15) is 5.26 Å². The summed E-state index contributed by atoms with van der Waals surface area (Å²) in [6.07, 6.45) is 0. The second-order valence-corrected chi connectivity index (χ2v) is 5.80. The molecule has 2 aromatic rings. The second-order valence-electron chi connectivity index (χ2n) is 5.80. The van der Waals surface area contributed by atoms with Gasteiger partial charge in [-0.05, 0) is 17.7 Å². The van der Waals surface area contributed by atoms with Crippen LogP contribution in [0.2, 0.25) is 0 Å². The first-order chi connectivity index (χ1) is 12.2. The van der Waals surface area contributed by atoms with Gasteiger partial charge < -0.3 is 20.1 Å². The summed E-state index contributed by atoms with van der Waals surface area (Å²) in [7, 11) is 1.52. The number of amides is 2. The Morgan fingerprint density at radius 3 is 2.56 bits per heavy atom. The third-order valence-corrected chi connectivity index (χ3v) is 4.50. The Balaban J connectivity index is 1.82. The van der Waals surface area contributed by atoms with Crippen molar-refractivity contribution in [2.45, 2.75) is 18.0 Å². The summed E-state index contributed by atoms with van der Waals surface area (Å²) >= 11 is 0. The summed E-state index contributed by atoms with van der Waals surface area (Å²) in [4.78, 5) is 14.1. The number of carbonyl (C=O) groups is 1. The van der Waals surface area contributed by atoms with Gasteiger partial charge in [0, 0.05) is 5.92 Å².